The van der Waals surface area contributed by atoms with Crippen LogP contribution >= 0.6 is 12.6 Å². The van der Waals surface area contributed by atoms with Crippen LogP contribution in [-0.2, 0) is 4.79 Å². The maximum Gasteiger partial charge on any atom is 0.229 e. The quantitative estimate of drug-likeness (QED) is 0.465. The van der Waals surface area contributed by atoms with Crippen LogP contribution < -0.4 is 5.32 Å². The van der Waals surface area contributed by atoms with Crippen molar-refractivity contribution in [2.24, 2.45) is 0 Å². The van der Waals surface area contributed by atoms with Gasteiger partial charge in [-0.25, -0.2) is 0 Å². The van der Waals surface area contributed by atoms with Crippen LogP contribution in [-0.4, -0.2) is 17.7 Å². The van der Waals surface area contributed by atoms with Crippen LogP contribution in [0.4, 0.5) is 0 Å². The first-order valence-electron chi connectivity index (χ1n) is 3.21. The molecule has 1 N–H and O–H groups in total. The maximum atomic E-state index is 10.7. The van der Waals surface area contributed by atoms with Gasteiger partial charge < -0.3 is 5.32 Å². The highest BCUT2D eigenvalue weighted by Gasteiger charge is 2.01. The van der Waals surface area contributed by atoms with E-state index in [4.69, 9.17) is 0 Å². The molecule has 0 fully saturated rings. The summed E-state index contributed by atoms with van der Waals surface area (Å²) in [6.07, 6.45) is 2.59. The standard InChI is InChI=1S/C7H13NOS/c1-3-4-6(2)8-7(9)5-10/h3,6,10H,1,4-5H2,2H3,(H,8,9). The molecule has 0 rings (SSSR count). The minimum absolute atomic E-state index is 0.0299. The van der Waals surface area contributed by atoms with Gasteiger partial charge in [0, 0.05) is 6.04 Å². The Labute approximate surface area is 67.1 Å². The van der Waals surface area contributed by atoms with Gasteiger partial charge in [-0.05, 0) is 13.3 Å². The molecule has 1 unspecified atom stereocenters. The molecule has 0 aliphatic carbocycles. The fourth-order valence-corrected chi connectivity index (χ4v) is 0.721. The Morgan fingerprint density at radius 3 is 2.90 bits per heavy atom. The molecule has 0 bridgehead atoms. The van der Waals surface area contributed by atoms with E-state index in [9.17, 15) is 4.79 Å². The van der Waals surface area contributed by atoms with Crippen LogP contribution in [0, 0.1) is 0 Å². The Bertz CT molecular complexity index is 125. The third-order valence-corrected chi connectivity index (χ3v) is 1.36. The van der Waals surface area contributed by atoms with Gasteiger partial charge in [-0.2, -0.15) is 12.6 Å². The topological polar surface area (TPSA) is 29.1 Å². The van der Waals surface area contributed by atoms with E-state index >= 15 is 0 Å². The Balaban J connectivity index is 3.46. The average molecular weight is 159 g/mol. The Morgan fingerprint density at radius 1 is 1.90 bits per heavy atom. The predicted molar refractivity (Wildman–Crippen MR) is 46.3 cm³/mol. The van der Waals surface area contributed by atoms with Gasteiger partial charge in [0.15, 0.2) is 0 Å². The van der Waals surface area contributed by atoms with Gasteiger partial charge >= 0.3 is 0 Å². The van der Waals surface area contributed by atoms with E-state index in [0.29, 0.717) is 0 Å². The molecule has 10 heavy (non-hydrogen) atoms. The zero-order valence-corrected chi connectivity index (χ0v) is 7.03. The molecule has 0 aromatic rings. The molecule has 0 aromatic heterocycles. The minimum atomic E-state index is -0.0299. The Hall–Kier alpha value is -0.440. The lowest BCUT2D eigenvalue weighted by Gasteiger charge is -2.09. The van der Waals surface area contributed by atoms with E-state index in [1.807, 2.05) is 6.92 Å². The molecule has 1 amide bonds. The summed E-state index contributed by atoms with van der Waals surface area (Å²) >= 11 is 3.82. The molecule has 0 saturated heterocycles. The van der Waals surface area contributed by atoms with Crippen LogP contribution in [0.3, 0.4) is 0 Å². The summed E-state index contributed by atoms with van der Waals surface area (Å²) in [4.78, 5) is 10.7. The third kappa shape index (κ3) is 4.44. The molecular weight excluding hydrogens is 146 g/mol. The van der Waals surface area contributed by atoms with Gasteiger partial charge in [-0.1, -0.05) is 6.08 Å². The zero-order valence-electron chi connectivity index (χ0n) is 6.13. The molecule has 0 aliphatic heterocycles. The van der Waals surface area contributed by atoms with Crippen molar-refractivity contribution in [3.63, 3.8) is 0 Å². The van der Waals surface area contributed by atoms with Crippen molar-refractivity contribution < 1.29 is 4.79 Å². The summed E-state index contributed by atoms with van der Waals surface area (Å²) in [5.41, 5.74) is 0. The monoisotopic (exact) mass is 159 g/mol. The Kier molecular flexibility index (Phi) is 5.12. The van der Waals surface area contributed by atoms with Gasteiger partial charge in [0.25, 0.3) is 0 Å². The van der Waals surface area contributed by atoms with Crippen molar-refractivity contribution in [1.29, 1.82) is 0 Å². The van der Waals surface area contributed by atoms with Crippen LogP contribution in [0.1, 0.15) is 13.3 Å². The summed E-state index contributed by atoms with van der Waals surface area (Å²) in [5.74, 6) is 0.222. The summed E-state index contributed by atoms with van der Waals surface area (Å²) < 4.78 is 0. The smallest absolute Gasteiger partial charge is 0.229 e. The second kappa shape index (κ2) is 5.35. The molecule has 0 aliphatic rings. The van der Waals surface area contributed by atoms with Crippen molar-refractivity contribution in [3.8, 4) is 0 Å². The molecule has 0 aromatic carbocycles. The van der Waals surface area contributed by atoms with Crippen LogP contribution in [0.25, 0.3) is 0 Å². The number of nitrogens with one attached hydrogen (secondary N) is 1. The number of hydrogen-bond acceptors (Lipinski definition) is 2. The summed E-state index contributed by atoms with van der Waals surface area (Å²) in [6.45, 7) is 5.50. The molecule has 0 heterocycles. The number of carbonyl (C=O) groups excluding carboxylic acids is 1. The van der Waals surface area contributed by atoms with Crippen LogP contribution in [0.2, 0.25) is 0 Å². The number of carbonyl (C=O) groups is 1. The molecule has 3 heteroatoms. The van der Waals surface area contributed by atoms with Gasteiger partial charge in [0.2, 0.25) is 5.91 Å². The van der Waals surface area contributed by atoms with E-state index in [-0.39, 0.29) is 17.7 Å². The largest absolute Gasteiger partial charge is 0.353 e. The second-order valence-electron chi connectivity index (χ2n) is 2.15. The molecule has 1 atom stereocenters. The van der Waals surface area contributed by atoms with Crippen molar-refractivity contribution >= 4 is 18.5 Å². The number of hydrogen-bond donors (Lipinski definition) is 2. The zero-order chi connectivity index (χ0) is 7.98. The lowest BCUT2D eigenvalue weighted by molar-refractivity contribution is -0.119. The molecule has 2 nitrogen and oxygen atoms in total. The first-order chi connectivity index (χ1) is 4.70. The summed E-state index contributed by atoms with van der Waals surface area (Å²) in [6, 6.07) is 0.178. The number of amides is 1. The highest BCUT2D eigenvalue weighted by molar-refractivity contribution is 7.81. The van der Waals surface area contributed by atoms with Crippen molar-refractivity contribution in [2.45, 2.75) is 19.4 Å². The van der Waals surface area contributed by atoms with E-state index in [0.717, 1.165) is 6.42 Å². The molecule has 58 valence electrons. The lowest BCUT2D eigenvalue weighted by atomic mass is 10.2. The van der Waals surface area contributed by atoms with Crippen molar-refractivity contribution in [3.05, 3.63) is 12.7 Å². The average Bonchev–Trinajstić information content (AvgIpc) is 1.88. The van der Waals surface area contributed by atoms with Crippen LogP contribution in [0.5, 0.6) is 0 Å². The maximum absolute atomic E-state index is 10.7. The van der Waals surface area contributed by atoms with Gasteiger partial charge in [0.05, 0.1) is 5.75 Å². The van der Waals surface area contributed by atoms with Crippen molar-refractivity contribution in [1.82, 2.24) is 5.32 Å². The lowest BCUT2D eigenvalue weighted by Crippen LogP contribution is -2.32. The highest BCUT2D eigenvalue weighted by Crippen LogP contribution is 1.90. The number of thiol groups is 1. The van der Waals surface area contributed by atoms with Gasteiger partial charge in [-0.15, -0.1) is 6.58 Å². The van der Waals surface area contributed by atoms with E-state index in [2.05, 4.69) is 24.5 Å². The number of rotatable bonds is 4. The van der Waals surface area contributed by atoms with E-state index in [1.54, 1.807) is 6.08 Å². The molecule has 0 spiro atoms. The second-order valence-corrected chi connectivity index (χ2v) is 2.47. The molecule has 0 radical (unpaired) electrons. The molecular formula is C7H13NOS. The normalized spacial score (nSPS) is 12.2. The third-order valence-electron chi connectivity index (χ3n) is 1.07. The fourth-order valence-electron chi connectivity index (χ4n) is 0.629. The SMILES string of the molecule is C=CCC(C)NC(=O)CS. The fraction of sp³-hybridized carbons (Fsp3) is 0.571. The highest BCUT2D eigenvalue weighted by atomic mass is 32.1. The van der Waals surface area contributed by atoms with Gasteiger partial charge in [0.1, 0.15) is 0 Å². The van der Waals surface area contributed by atoms with Gasteiger partial charge in [-0.3, -0.25) is 4.79 Å². The van der Waals surface area contributed by atoms with Crippen LogP contribution in [0.15, 0.2) is 12.7 Å². The van der Waals surface area contributed by atoms with Crippen molar-refractivity contribution in [2.75, 3.05) is 5.75 Å². The molecule has 0 saturated carbocycles. The predicted octanol–water partition coefficient (Wildman–Crippen LogP) is 0.997. The van der Waals surface area contributed by atoms with E-state index in [1.165, 1.54) is 0 Å². The van der Waals surface area contributed by atoms with E-state index < -0.39 is 0 Å². The minimum Gasteiger partial charge on any atom is -0.353 e. The summed E-state index contributed by atoms with van der Waals surface area (Å²) in [7, 11) is 0. The first kappa shape index (κ1) is 9.56. The first-order valence-corrected chi connectivity index (χ1v) is 3.85. The Morgan fingerprint density at radius 2 is 2.50 bits per heavy atom. The summed E-state index contributed by atoms with van der Waals surface area (Å²) in [5, 5.41) is 2.74.